The Balaban J connectivity index is 2.14. The van der Waals surface area contributed by atoms with Crippen molar-refractivity contribution in [3.63, 3.8) is 0 Å². The second-order valence-electron chi connectivity index (χ2n) is 4.79. The van der Waals surface area contributed by atoms with E-state index in [2.05, 4.69) is 66.5 Å². The zero-order valence-corrected chi connectivity index (χ0v) is 11.5. The van der Waals surface area contributed by atoms with Gasteiger partial charge in [0.05, 0.1) is 0 Å². The van der Waals surface area contributed by atoms with E-state index in [-0.39, 0.29) is 0 Å². The summed E-state index contributed by atoms with van der Waals surface area (Å²) in [5.41, 5.74) is 4.11. The molecule has 96 valence electrons. The van der Waals surface area contributed by atoms with Crippen molar-refractivity contribution in [1.29, 1.82) is 0 Å². The predicted molar refractivity (Wildman–Crippen MR) is 76.8 cm³/mol. The molecule has 0 bridgehead atoms. The molecule has 0 spiro atoms. The fourth-order valence-corrected chi connectivity index (χ4v) is 2.35. The van der Waals surface area contributed by atoms with Crippen LogP contribution in [-0.4, -0.2) is 11.6 Å². The Morgan fingerprint density at radius 3 is 2.67 bits per heavy atom. The molecule has 1 heterocycles. The SMILES string of the molecule is CCC(NC)c1ccn(Cc2ccccc2C)c1. The summed E-state index contributed by atoms with van der Waals surface area (Å²) in [6, 6.07) is 11.2. The quantitative estimate of drug-likeness (QED) is 0.849. The number of nitrogens with zero attached hydrogens (tertiary/aromatic N) is 1. The van der Waals surface area contributed by atoms with Gasteiger partial charge in [-0.1, -0.05) is 31.2 Å². The predicted octanol–water partition coefficient (Wildman–Crippen LogP) is 3.52. The van der Waals surface area contributed by atoms with Gasteiger partial charge in [0.25, 0.3) is 0 Å². The van der Waals surface area contributed by atoms with Crippen molar-refractivity contribution in [3.8, 4) is 0 Å². The number of hydrogen-bond acceptors (Lipinski definition) is 1. The standard InChI is InChI=1S/C16H22N2/c1-4-16(17-3)15-9-10-18(12-15)11-14-8-6-5-7-13(14)2/h5-10,12,16-17H,4,11H2,1-3H3. The smallest absolute Gasteiger partial charge is 0.0472 e. The molecule has 1 aromatic carbocycles. The summed E-state index contributed by atoms with van der Waals surface area (Å²) in [6.45, 7) is 5.33. The molecule has 2 rings (SSSR count). The van der Waals surface area contributed by atoms with Gasteiger partial charge in [-0.3, -0.25) is 0 Å². The molecule has 2 aromatic rings. The van der Waals surface area contributed by atoms with Crippen LogP contribution in [0.15, 0.2) is 42.7 Å². The van der Waals surface area contributed by atoms with Crippen LogP contribution in [0.2, 0.25) is 0 Å². The highest BCUT2D eigenvalue weighted by Crippen LogP contribution is 2.17. The minimum atomic E-state index is 0.461. The first kappa shape index (κ1) is 12.9. The van der Waals surface area contributed by atoms with E-state index in [0.717, 1.165) is 13.0 Å². The first-order valence-corrected chi connectivity index (χ1v) is 6.62. The van der Waals surface area contributed by atoms with E-state index in [4.69, 9.17) is 0 Å². The van der Waals surface area contributed by atoms with Gasteiger partial charge in [0, 0.05) is 25.0 Å². The van der Waals surface area contributed by atoms with Crippen LogP contribution in [0.25, 0.3) is 0 Å². The fraction of sp³-hybridized carbons (Fsp3) is 0.375. The number of rotatable bonds is 5. The highest BCUT2D eigenvalue weighted by atomic mass is 14.9. The second-order valence-corrected chi connectivity index (χ2v) is 4.79. The van der Waals surface area contributed by atoms with E-state index in [1.165, 1.54) is 16.7 Å². The van der Waals surface area contributed by atoms with E-state index in [9.17, 15) is 0 Å². The van der Waals surface area contributed by atoms with E-state index in [1.807, 2.05) is 7.05 Å². The highest BCUT2D eigenvalue weighted by Gasteiger charge is 2.08. The van der Waals surface area contributed by atoms with Crippen LogP contribution in [0.4, 0.5) is 0 Å². The Labute approximate surface area is 110 Å². The summed E-state index contributed by atoms with van der Waals surface area (Å²) >= 11 is 0. The summed E-state index contributed by atoms with van der Waals surface area (Å²) in [5.74, 6) is 0. The van der Waals surface area contributed by atoms with Gasteiger partial charge in [0.2, 0.25) is 0 Å². The zero-order chi connectivity index (χ0) is 13.0. The minimum absolute atomic E-state index is 0.461. The van der Waals surface area contributed by atoms with Crippen molar-refractivity contribution in [1.82, 2.24) is 9.88 Å². The lowest BCUT2D eigenvalue weighted by Gasteiger charge is -2.11. The van der Waals surface area contributed by atoms with E-state index in [1.54, 1.807) is 0 Å². The van der Waals surface area contributed by atoms with E-state index in [0.29, 0.717) is 6.04 Å². The molecule has 1 aromatic heterocycles. The molecule has 0 saturated heterocycles. The summed E-state index contributed by atoms with van der Waals surface area (Å²) in [7, 11) is 2.02. The van der Waals surface area contributed by atoms with Crippen LogP contribution in [0, 0.1) is 6.92 Å². The highest BCUT2D eigenvalue weighted by molar-refractivity contribution is 5.26. The fourth-order valence-electron chi connectivity index (χ4n) is 2.35. The number of nitrogens with one attached hydrogen (secondary N) is 1. The Kier molecular flexibility index (Phi) is 4.21. The first-order valence-electron chi connectivity index (χ1n) is 6.62. The van der Waals surface area contributed by atoms with Gasteiger partial charge in [-0.05, 0) is 43.1 Å². The molecule has 0 aliphatic rings. The lowest BCUT2D eigenvalue weighted by molar-refractivity contribution is 0.575. The molecule has 0 fully saturated rings. The van der Waals surface area contributed by atoms with Gasteiger partial charge in [-0.2, -0.15) is 0 Å². The molecule has 1 N–H and O–H groups in total. The molecule has 0 aliphatic carbocycles. The van der Waals surface area contributed by atoms with Crippen molar-refractivity contribution >= 4 is 0 Å². The molecule has 0 saturated carbocycles. The summed E-state index contributed by atoms with van der Waals surface area (Å²) in [5, 5.41) is 3.34. The van der Waals surface area contributed by atoms with Crippen LogP contribution >= 0.6 is 0 Å². The molecule has 2 nitrogen and oxygen atoms in total. The maximum atomic E-state index is 3.34. The molecule has 0 amide bonds. The molecule has 18 heavy (non-hydrogen) atoms. The van der Waals surface area contributed by atoms with Gasteiger partial charge < -0.3 is 9.88 Å². The Morgan fingerprint density at radius 1 is 1.22 bits per heavy atom. The number of aromatic nitrogens is 1. The molecule has 1 unspecified atom stereocenters. The third kappa shape index (κ3) is 2.82. The molecule has 1 atom stereocenters. The van der Waals surface area contributed by atoms with Gasteiger partial charge >= 0.3 is 0 Å². The van der Waals surface area contributed by atoms with Gasteiger partial charge in [-0.25, -0.2) is 0 Å². The lowest BCUT2D eigenvalue weighted by atomic mass is 10.1. The van der Waals surface area contributed by atoms with Crippen LogP contribution in [-0.2, 0) is 6.54 Å². The minimum Gasteiger partial charge on any atom is -0.350 e. The summed E-state index contributed by atoms with van der Waals surface area (Å²) < 4.78 is 2.26. The normalized spacial score (nSPS) is 12.6. The van der Waals surface area contributed by atoms with Crippen LogP contribution in [0.3, 0.4) is 0 Å². The van der Waals surface area contributed by atoms with Crippen LogP contribution in [0.5, 0.6) is 0 Å². The second kappa shape index (κ2) is 5.87. The van der Waals surface area contributed by atoms with Crippen molar-refractivity contribution < 1.29 is 0 Å². The Hall–Kier alpha value is -1.54. The van der Waals surface area contributed by atoms with Crippen LogP contribution in [0.1, 0.15) is 36.1 Å². The third-order valence-corrected chi connectivity index (χ3v) is 3.55. The number of aryl methyl sites for hydroxylation is 1. The molecule has 0 aliphatic heterocycles. The van der Waals surface area contributed by atoms with Crippen molar-refractivity contribution in [2.45, 2.75) is 32.9 Å². The molecular formula is C16H22N2. The van der Waals surface area contributed by atoms with Crippen molar-refractivity contribution in [3.05, 3.63) is 59.4 Å². The number of hydrogen-bond donors (Lipinski definition) is 1. The average Bonchev–Trinajstić information content (AvgIpc) is 2.82. The molecule has 2 heteroatoms. The molecular weight excluding hydrogens is 220 g/mol. The van der Waals surface area contributed by atoms with Gasteiger partial charge in [0.15, 0.2) is 0 Å². The van der Waals surface area contributed by atoms with Crippen LogP contribution < -0.4 is 5.32 Å². The first-order chi connectivity index (χ1) is 8.74. The topological polar surface area (TPSA) is 17.0 Å². The summed E-state index contributed by atoms with van der Waals surface area (Å²) in [4.78, 5) is 0. The van der Waals surface area contributed by atoms with E-state index >= 15 is 0 Å². The number of benzene rings is 1. The zero-order valence-electron chi connectivity index (χ0n) is 11.5. The molecule has 0 radical (unpaired) electrons. The Bertz CT molecular complexity index is 495. The van der Waals surface area contributed by atoms with E-state index < -0.39 is 0 Å². The monoisotopic (exact) mass is 242 g/mol. The Morgan fingerprint density at radius 2 is 2.00 bits per heavy atom. The maximum absolute atomic E-state index is 3.34. The van der Waals surface area contributed by atoms with Gasteiger partial charge in [-0.15, -0.1) is 0 Å². The maximum Gasteiger partial charge on any atom is 0.0472 e. The third-order valence-electron chi connectivity index (χ3n) is 3.55. The summed E-state index contributed by atoms with van der Waals surface area (Å²) in [6.07, 6.45) is 5.53. The van der Waals surface area contributed by atoms with Crippen molar-refractivity contribution in [2.75, 3.05) is 7.05 Å². The van der Waals surface area contributed by atoms with Crippen molar-refractivity contribution in [2.24, 2.45) is 0 Å². The van der Waals surface area contributed by atoms with Gasteiger partial charge in [0.1, 0.15) is 0 Å². The average molecular weight is 242 g/mol. The lowest BCUT2D eigenvalue weighted by Crippen LogP contribution is -2.14. The largest absolute Gasteiger partial charge is 0.350 e.